The molecule has 166 valence electrons. The second-order valence-corrected chi connectivity index (χ2v) is 8.07. The van der Waals surface area contributed by atoms with E-state index in [0.717, 1.165) is 34.8 Å². The van der Waals surface area contributed by atoms with Crippen molar-refractivity contribution in [1.82, 2.24) is 25.0 Å². The van der Waals surface area contributed by atoms with Gasteiger partial charge in [-0.3, -0.25) is 4.79 Å². The van der Waals surface area contributed by atoms with Crippen molar-refractivity contribution in [1.29, 1.82) is 0 Å². The van der Waals surface area contributed by atoms with Crippen LogP contribution in [0.4, 0.5) is 0 Å². The van der Waals surface area contributed by atoms with Crippen LogP contribution in [0.1, 0.15) is 38.7 Å². The van der Waals surface area contributed by atoms with Crippen LogP contribution >= 0.6 is 0 Å². The van der Waals surface area contributed by atoms with Crippen LogP contribution in [0.5, 0.6) is 0 Å². The van der Waals surface area contributed by atoms with Gasteiger partial charge in [0, 0.05) is 31.0 Å². The molecular formula is C25H23N5O3. The van der Waals surface area contributed by atoms with Gasteiger partial charge in [0.1, 0.15) is 11.5 Å². The first kappa shape index (κ1) is 20.7. The highest BCUT2D eigenvalue weighted by atomic mass is 16.5. The molecule has 0 aliphatic rings. The van der Waals surface area contributed by atoms with Gasteiger partial charge in [0.25, 0.3) is 11.6 Å². The van der Waals surface area contributed by atoms with Crippen molar-refractivity contribution in [2.75, 3.05) is 0 Å². The molecule has 5 rings (SSSR count). The van der Waals surface area contributed by atoms with Gasteiger partial charge in [0.15, 0.2) is 0 Å². The van der Waals surface area contributed by atoms with E-state index in [4.69, 9.17) is 8.94 Å². The molecule has 8 nitrogen and oxygen atoms in total. The summed E-state index contributed by atoms with van der Waals surface area (Å²) in [5.74, 6) is 1.30. The molecule has 1 amide bonds. The van der Waals surface area contributed by atoms with Gasteiger partial charge in [-0.2, -0.15) is 0 Å². The van der Waals surface area contributed by atoms with E-state index in [9.17, 15) is 4.79 Å². The summed E-state index contributed by atoms with van der Waals surface area (Å²) in [6, 6.07) is 11.8. The molecule has 0 bridgehead atoms. The highest BCUT2D eigenvalue weighted by Crippen LogP contribution is 2.30. The molecule has 33 heavy (non-hydrogen) atoms. The fourth-order valence-corrected chi connectivity index (χ4v) is 4.00. The van der Waals surface area contributed by atoms with Gasteiger partial charge in [-0.1, -0.05) is 29.4 Å². The molecule has 0 atom stereocenters. The Hall–Kier alpha value is -4.20. The lowest BCUT2D eigenvalue weighted by atomic mass is 10.0. The van der Waals surface area contributed by atoms with Crippen molar-refractivity contribution in [3.63, 3.8) is 0 Å². The lowest BCUT2D eigenvalue weighted by Gasteiger charge is -2.10. The number of nitrogens with zero attached hydrogens (tertiary/aromatic N) is 4. The molecule has 0 saturated heterocycles. The lowest BCUT2D eigenvalue weighted by molar-refractivity contribution is 0.0952. The van der Waals surface area contributed by atoms with E-state index in [1.165, 1.54) is 0 Å². The number of carbonyl (C=O) groups is 1. The largest absolute Gasteiger partial charge is 0.466 e. The Morgan fingerprint density at radius 3 is 2.73 bits per heavy atom. The van der Waals surface area contributed by atoms with Gasteiger partial charge >= 0.3 is 0 Å². The number of fused-ring (bicyclic) bond motifs is 1. The summed E-state index contributed by atoms with van der Waals surface area (Å²) in [6.45, 7) is 6.67. The molecule has 4 aromatic heterocycles. The summed E-state index contributed by atoms with van der Waals surface area (Å²) in [5, 5.41) is 7.66. The molecule has 4 heterocycles. The molecular weight excluding hydrogens is 418 g/mol. The van der Waals surface area contributed by atoms with Crippen LogP contribution in [0.25, 0.3) is 22.4 Å². The molecule has 0 fully saturated rings. The summed E-state index contributed by atoms with van der Waals surface area (Å²) >= 11 is 0. The number of benzene rings is 1. The van der Waals surface area contributed by atoms with Gasteiger partial charge in [-0.05, 0) is 44.0 Å². The minimum absolute atomic E-state index is 0.215. The quantitative estimate of drug-likeness (QED) is 0.414. The number of pyridine rings is 1. The van der Waals surface area contributed by atoms with Crippen molar-refractivity contribution in [3.05, 3.63) is 89.0 Å². The normalized spacial score (nSPS) is 11.2. The summed E-state index contributed by atoms with van der Waals surface area (Å²) in [6.07, 6.45) is 5.46. The average Bonchev–Trinajstić information content (AvgIpc) is 3.53. The summed E-state index contributed by atoms with van der Waals surface area (Å²) in [7, 11) is 0. The lowest BCUT2D eigenvalue weighted by Crippen LogP contribution is -2.23. The molecule has 0 unspecified atom stereocenters. The number of hydrogen-bond donors (Lipinski definition) is 1. The van der Waals surface area contributed by atoms with Crippen molar-refractivity contribution in [2.45, 2.75) is 33.9 Å². The van der Waals surface area contributed by atoms with Crippen LogP contribution < -0.4 is 5.32 Å². The maximum atomic E-state index is 13.3. The zero-order valence-corrected chi connectivity index (χ0v) is 18.6. The van der Waals surface area contributed by atoms with Crippen LogP contribution in [-0.4, -0.2) is 25.6 Å². The Labute approximate surface area is 190 Å². The summed E-state index contributed by atoms with van der Waals surface area (Å²) in [5.41, 5.74) is 5.00. The number of nitrogens with one attached hydrogen (secondary N) is 1. The smallest absolute Gasteiger partial charge is 0.259 e. The monoisotopic (exact) mass is 441 g/mol. The first-order valence-corrected chi connectivity index (χ1v) is 10.6. The van der Waals surface area contributed by atoms with Crippen molar-refractivity contribution in [2.24, 2.45) is 0 Å². The van der Waals surface area contributed by atoms with E-state index in [0.29, 0.717) is 34.6 Å². The number of furan rings is 1. The van der Waals surface area contributed by atoms with Crippen LogP contribution in [-0.2, 0) is 13.1 Å². The highest BCUT2D eigenvalue weighted by Gasteiger charge is 2.21. The van der Waals surface area contributed by atoms with E-state index >= 15 is 0 Å². The molecule has 1 aromatic carbocycles. The number of rotatable bonds is 6. The van der Waals surface area contributed by atoms with Gasteiger partial charge < -0.3 is 18.8 Å². The van der Waals surface area contributed by atoms with E-state index in [-0.39, 0.29) is 5.91 Å². The zero-order chi connectivity index (χ0) is 22.9. The third-order valence-corrected chi connectivity index (χ3v) is 5.55. The highest BCUT2D eigenvalue weighted by molar-refractivity contribution is 6.07. The topological polar surface area (TPSA) is 99.0 Å². The number of carbonyl (C=O) groups excluding carboxylic acids is 1. The SMILES string of the molecule is Cc1cc(-c2cc(C(=O)NCc3cccc(Cn4ccnc4)c3)c3c(C)noc3n2)c(C)o1. The number of imidazole rings is 1. The Morgan fingerprint density at radius 1 is 1.12 bits per heavy atom. The zero-order valence-electron chi connectivity index (χ0n) is 18.6. The van der Waals surface area contributed by atoms with Crippen molar-refractivity contribution < 1.29 is 13.7 Å². The first-order valence-electron chi connectivity index (χ1n) is 10.6. The van der Waals surface area contributed by atoms with Crippen molar-refractivity contribution in [3.8, 4) is 11.3 Å². The number of hydrogen-bond acceptors (Lipinski definition) is 6. The van der Waals surface area contributed by atoms with E-state index in [2.05, 4.69) is 32.6 Å². The maximum Gasteiger partial charge on any atom is 0.259 e. The fourth-order valence-electron chi connectivity index (χ4n) is 4.00. The molecule has 0 spiro atoms. The van der Waals surface area contributed by atoms with E-state index in [1.807, 2.05) is 42.8 Å². The number of aromatic nitrogens is 4. The van der Waals surface area contributed by atoms with Crippen LogP contribution in [0.15, 0.2) is 64.1 Å². The van der Waals surface area contributed by atoms with Crippen molar-refractivity contribution >= 4 is 17.0 Å². The van der Waals surface area contributed by atoms with Crippen LogP contribution in [0.3, 0.4) is 0 Å². The Kier molecular flexibility index (Phi) is 5.26. The molecule has 0 radical (unpaired) electrons. The Bertz CT molecular complexity index is 1450. The standard InChI is InChI=1S/C25H23N5O3/c1-15-9-20(17(3)32-15)22-11-21(23-16(2)29-33-25(23)28-22)24(31)27-12-18-5-4-6-19(10-18)13-30-8-7-26-14-30/h4-11,14H,12-13H2,1-3H3,(H,27,31). The molecule has 5 aromatic rings. The van der Waals surface area contributed by atoms with Crippen LogP contribution in [0, 0.1) is 20.8 Å². The average molecular weight is 441 g/mol. The first-order chi connectivity index (χ1) is 16.0. The predicted molar refractivity (Wildman–Crippen MR) is 123 cm³/mol. The minimum Gasteiger partial charge on any atom is -0.466 e. The second kappa shape index (κ2) is 8.38. The molecule has 0 aliphatic carbocycles. The summed E-state index contributed by atoms with van der Waals surface area (Å²) in [4.78, 5) is 21.9. The van der Waals surface area contributed by atoms with E-state index in [1.54, 1.807) is 25.5 Å². The predicted octanol–water partition coefficient (Wildman–Crippen LogP) is 4.58. The Morgan fingerprint density at radius 2 is 1.97 bits per heavy atom. The number of aryl methyl sites for hydroxylation is 3. The maximum absolute atomic E-state index is 13.3. The third kappa shape index (κ3) is 4.15. The van der Waals surface area contributed by atoms with Crippen LogP contribution in [0.2, 0.25) is 0 Å². The second-order valence-electron chi connectivity index (χ2n) is 8.07. The van der Waals surface area contributed by atoms with Gasteiger partial charge in [-0.15, -0.1) is 0 Å². The molecule has 8 heteroatoms. The third-order valence-electron chi connectivity index (χ3n) is 5.55. The Balaban J connectivity index is 1.41. The molecule has 1 N–H and O–H groups in total. The fraction of sp³-hybridized carbons (Fsp3) is 0.200. The van der Waals surface area contributed by atoms with Gasteiger partial charge in [0.05, 0.1) is 28.7 Å². The minimum atomic E-state index is -0.215. The number of amides is 1. The van der Waals surface area contributed by atoms with E-state index < -0.39 is 0 Å². The molecule has 0 saturated carbocycles. The van der Waals surface area contributed by atoms with Gasteiger partial charge in [0.2, 0.25) is 0 Å². The van der Waals surface area contributed by atoms with Gasteiger partial charge in [-0.25, -0.2) is 9.97 Å². The molecule has 0 aliphatic heterocycles. The summed E-state index contributed by atoms with van der Waals surface area (Å²) < 4.78 is 13.0.